The third kappa shape index (κ3) is 2.68. The lowest BCUT2D eigenvalue weighted by Gasteiger charge is -2.04. The van der Waals surface area contributed by atoms with Gasteiger partial charge in [0.25, 0.3) is 0 Å². The summed E-state index contributed by atoms with van der Waals surface area (Å²) in [5.74, 6) is 1.99. The van der Waals surface area contributed by atoms with Crippen LogP contribution < -0.4 is 10.5 Å². The van der Waals surface area contributed by atoms with E-state index in [2.05, 4.69) is 10.1 Å². The van der Waals surface area contributed by atoms with Crippen molar-refractivity contribution in [3.63, 3.8) is 0 Å². The van der Waals surface area contributed by atoms with Gasteiger partial charge in [-0.3, -0.25) is 0 Å². The van der Waals surface area contributed by atoms with Crippen molar-refractivity contribution in [1.82, 2.24) is 10.1 Å². The van der Waals surface area contributed by atoms with E-state index in [9.17, 15) is 0 Å². The lowest BCUT2D eigenvalue weighted by molar-refractivity contribution is 0.372. The Morgan fingerprint density at radius 1 is 1.44 bits per heavy atom. The number of rotatable bonds is 4. The van der Waals surface area contributed by atoms with Crippen molar-refractivity contribution < 1.29 is 9.26 Å². The minimum Gasteiger partial charge on any atom is -0.496 e. The van der Waals surface area contributed by atoms with Crippen LogP contribution in [0.2, 0.25) is 0 Å². The molecular formula is C13H17N3O2. The van der Waals surface area contributed by atoms with Crippen LogP contribution in [0.4, 0.5) is 0 Å². The number of hydrogen-bond acceptors (Lipinski definition) is 5. The molecule has 1 aromatic heterocycles. The molecule has 96 valence electrons. The minimum atomic E-state index is 0.0101. The zero-order valence-corrected chi connectivity index (χ0v) is 10.8. The maximum atomic E-state index is 5.69. The normalized spacial score (nSPS) is 12.4. The molecule has 0 fully saturated rings. The number of hydrogen-bond donors (Lipinski definition) is 1. The van der Waals surface area contributed by atoms with E-state index < -0.39 is 0 Å². The minimum absolute atomic E-state index is 0.0101. The molecule has 2 aromatic rings. The zero-order chi connectivity index (χ0) is 13.1. The van der Waals surface area contributed by atoms with Gasteiger partial charge >= 0.3 is 0 Å². The molecule has 0 aliphatic heterocycles. The lowest BCUT2D eigenvalue weighted by Crippen LogP contribution is -2.17. The van der Waals surface area contributed by atoms with Gasteiger partial charge in [0, 0.05) is 18.0 Å². The highest BCUT2D eigenvalue weighted by atomic mass is 16.5. The average Bonchev–Trinajstić information content (AvgIpc) is 2.76. The summed E-state index contributed by atoms with van der Waals surface area (Å²) in [5, 5.41) is 3.95. The first-order chi connectivity index (χ1) is 8.60. The number of nitrogens with zero attached hydrogens (tertiary/aromatic N) is 2. The van der Waals surface area contributed by atoms with Gasteiger partial charge in [0.15, 0.2) is 0 Å². The van der Waals surface area contributed by atoms with E-state index in [0.717, 1.165) is 16.9 Å². The van der Waals surface area contributed by atoms with Crippen LogP contribution in [0.1, 0.15) is 18.4 Å². The molecule has 0 aliphatic carbocycles. The second kappa shape index (κ2) is 5.18. The molecule has 0 bridgehead atoms. The van der Waals surface area contributed by atoms with Crippen LogP contribution in [-0.2, 0) is 6.42 Å². The molecule has 2 N–H and O–H groups in total. The van der Waals surface area contributed by atoms with Gasteiger partial charge in [-0.2, -0.15) is 4.98 Å². The van der Waals surface area contributed by atoms with Crippen LogP contribution in [0.25, 0.3) is 11.4 Å². The van der Waals surface area contributed by atoms with Crippen LogP contribution in [0.5, 0.6) is 5.75 Å². The largest absolute Gasteiger partial charge is 0.496 e. The number of ether oxygens (including phenoxy) is 1. The second-order valence-electron chi connectivity index (χ2n) is 4.38. The molecule has 1 unspecified atom stereocenters. The Morgan fingerprint density at radius 3 is 2.83 bits per heavy atom. The Labute approximate surface area is 106 Å². The highest BCUT2D eigenvalue weighted by molar-refractivity contribution is 5.58. The molecule has 1 heterocycles. The molecule has 0 saturated heterocycles. The zero-order valence-electron chi connectivity index (χ0n) is 10.8. The summed E-state index contributed by atoms with van der Waals surface area (Å²) in [6.07, 6.45) is 0.585. The molecule has 2 rings (SSSR count). The highest BCUT2D eigenvalue weighted by Crippen LogP contribution is 2.24. The quantitative estimate of drug-likeness (QED) is 0.893. The summed E-state index contributed by atoms with van der Waals surface area (Å²) < 4.78 is 10.4. The molecule has 0 saturated carbocycles. The Balaban J connectivity index is 2.26. The average molecular weight is 247 g/mol. The lowest BCUT2D eigenvalue weighted by atomic mass is 10.1. The number of aryl methyl sites for hydroxylation is 1. The van der Waals surface area contributed by atoms with Gasteiger partial charge in [-0.05, 0) is 37.6 Å². The monoisotopic (exact) mass is 247 g/mol. The van der Waals surface area contributed by atoms with Gasteiger partial charge in [0.2, 0.25) is 11.7 Å². The van der Waals surface area contributed by atoms with E-state index in [1.165, 1.54) is 0 Å². The molecule has 0 spiro atoms. The molecule has 18 heavy (non-hydrogen) atoms. The van der Waals surface area contributed by atoms with Crippen LogP contribution >= 0.6 is 0 Å². The molecule has 5 nitrogen and oxygen atoms in total. The van der Waals surface area contributed by atoms with Crippen molar-refractivity contribution in [2.75, 3.05) is 7.11 Å². The van der Waals surface area contributed by atoms with Crippen molar-refractivity contribution >= 4 is 0 Å². The Hall–Kier alpha value is -1.88. The molecular weight excluding hydrogens is 230 g/mol. The SMILES string of the molecule is COc1ccc(-c2noc(CC(C)N)n2)cc1C. The summed E-state index contributed by atoms with van der Waals surface area (Å²) in [4.78, 5) is 4.32. The smallest absolute Gasteiger partial charge is 0.228 e. The van der Waals surface area contributed by atoms with Gasteiger partial charge in [-0.1, -0.05) is 5.16 Å². The molecule has 0 amide bonds. The first-order valence-corrected chi connectivity index (χ1v) is 5.83. The first kappa shape index (κ1) is 12.6. The molecule has 1 aromatic carbocycles. The summed E-state index contributed by atoms with van der Waals surface area (Å²) in [5.41, 5.74) is 7.64. The van der Waals surface area contributed by atoms with Gasteiger partial charge < -0.3 is 15.0 Å². The fourth-order valence-corrected chi connectivity index (χ4v) is 1.75. The summed E-state index contributed by atoms with van der Waals surface area (Å²) in [7, 11) is 1.65. The van der Waals surface area contributed by atoms with E-state index in [-0.39, 0.29) is 6.04 Å². The summed E-state index contributed by atoms with van der Waals surface area (Å²) in [6, 6.07) is 5.79. The number of nitrogens with two attached hydrogens (primary N) is 1. The van der Waals surface area contributed by atoms with Gasteiger partial charge in [-0.25, -0.2) is 0 Å². The molecule has 0 radical (unpaired) electrons. The van der Waals surface area contributed by atoms with Crippen molar-refractivity contribution in [1.29, 1.82) is 0 Å². The Bertz CT molecular complexity index is 535. The van der Waals surface area contributed by atoms with Gasteiger partial charge in [0.1, 0.15) is 5.75 Å². The van der Waals surface area contributed by atoms with E-state index in [1.54, 1.807) is 7.11 Å². The highest BCUT2D eigenvalue weighted by Gasteiger charge is 2.11. The third-order valence-corrected chi connectivity index (χ3v) is 2.62. The number of aromatic nitrogens is 2. The maximum absolute atomic E-state index is 5.69. The standard InChI is InChI=1S/C13H17N3O2/c1-8-6-10(4-5-11(8)17-3)13-15-12(18-16-13)7-9(2)14/h4-6,9H,7,14H2,1-3H3. The van der Waals surface area contributed by atoms with Crippen LogP contribution in [0.3, 0.4) is 0 Å². The van der Waals surface area contributed by atoms with Crippen LogP contribution in [0.15, 0.2) is 22.7 Å². The van der Waals surface area contributed by atoms with Crippen molar-refractivity contribution in [2.24, 2.45) is 5.73 Å². The Morgan fingerprint density at radius 2 is 2.22 bits per heavy atom. The van der Waals surface area contributed by atoms with E-state index in [1.807, 2.05) is 32.0 Å². The van der Waals surface area contributed by atoms with E-state index >= 15 is 0 Å². The van der Waals surface area contributed by atoms with Gasteiger partial charge in [0.05, 0.1) is 7.11 Å². The number of benzene rings is 1. The fraction of sp³-hybridized carbons (Fsp3) is 0.385. The second-order valence-corrected chi connectivity index (χ2v) is 4.38. The van der Waals surface area contributed by atoms with Crippen LogP contribution in [-0.4, -0.2) is 23.3 Å². The van der Waals surface area contributed by atoms with Crippen molar-refractivity contribution in [2.45, 2.75) is 26.3 Å². The first-order valence-electron chi connectivity index (χ1n) is 5.83. The predicted octanol–water partition coefficient (Wildman–Crippen LogP) is 1.94. The van der Waals surface area contributed by atoms with Crippen molar-refractivity contribution in [3.05, 3.63) is 29.7 Å². The Kier molecular flexibility index (Phi) is 3.62. The third-order valence-electron chi connectivity index (χ3n) is 2.62. The van der Waals surface area contributed by atoms with Gasteiger partial charge in [-0.15, -0.1) is 0 Å². The molecule has 0 aliphatic rings. The summed E-state index contributed by atoms with van der Waals surface area (Å²) in [6.45, 7) is 3.88. The maximum Gasteiger partial charge on any atom is 0.228 e. The van der Waals surface area contributed by atoms with E-state index in [4.69, 9.17) is 15.0 Å². The fourth-order valence-electron chi connectivity index (χ4n) is 1.75. The number of methoxy groups -OCH3 is 1. The predicted molar refractivity (Wildman–Crippen MR) is 68.4 cm³/mol. The van der Waals surface area contributed by atoms with E-state index in [0.29, 0.717) is 18.1 Å². The summed E-state index contributed by atoms with van der Waals surface area (Å²) >= 11 is 0. The van der Waals surface area contributed by atoms with Crippen molar-refractivity contribution in [3.8, 4) is 17.1 Å². The molecule has 1 atom stereocenters. The van der Waals surface area contributed by atoms with Crippen LogP contribution in [0, 0.1) is 6.92 Å². The topological polar surface area (TPSA) is 74.2 Å². The molecule has 5 heteroatoms.